The van der Waals surface area contributed by atoms with Gasteiger partial charge in [-0.05, 0) is 43.0 Å². The van der Waals surface area contributed by atoms with Crippen molar-refractivity contribution in [2.75, 3.05) is 0 Å². The highest BCUT2D eigenvalue weighted by atomic mass is 16.4. The molecule has 0 heterocycles. The van der Waals surface area contributed by atoms with E-state index in [4.69, 9.17) is 15.3 Å². The summed E-state index contributed by atoms with van der Waals surface area (Å²) in [6.07, 6.45) is 1.53. The third-order valence-electron chi connectivity index (χ3n) is 2.59. The van der Waals surface area contributed by atoms with E-state index in [1.54, 1.807) is 0 Å². The molecule has 0 atom stereocenters. The smallest absolute Gasteiger partial charge is 0.335 e. The van der Waals surface area contributed by atoms with Crippen LogP contribution in [0.5, 0.6) is 0 Å². The van der Waals surface area contributed by atoms with Crippen molar-refractivity contribution in [2.24, 2.45) is 0 Å². The van der Waals surface area contributed by atoms with Gasteiger partial charge in [-0.15, -0.1) is 0 Å². The third-order valence-corrected chi connectivity index (χ3v) is 2.59. The maximum Gasteiger partial charge on any atom is 0.335 e. The molecule has 1 rings (SSSR count). The van der Waals surface area contributed by atoms with Crippen LogP contribution in [0.1, 0.15) is 45.5 Å². The summed E-state index contributed by atoms with van der Waals surface area (Å²) in [5.74, 6) is -3.25. The summed E-state index contributed by atoms with van der Waals surface area (Å²) in [4.78, 5) is 32.1. The van der Waals surface area contributed by atoms with Crippen LogP contribution < -0.4 is 0 Å². The largest absolute Gasteiger partial charge is 0.481 e. The predicted octanol–water partition coefficient (Wildman–Crippen LogP) is 1.88. The van der Waals surface area contributed by atoms with Gasteiger partial charge in [-0.3, -0.25) is 4.79 Å². The minimum Gasteiger partial charge on any atom is -0.481 e. The Morgan fingerprint density at radius 2 is 1.37 bits per heavy atom. The van der Waals surface area contributed by atoms with Crippen molar-refractivity contribution < 1.29 is 29.7 Å². The van der Waals surface area contributed by atoms with Crippen LogP contribution in [-0.2, 0) is 11.2 Å². The molecule has 0 bridgehead atoms. The van der Waals surface area contributed by atoms with Gasteiger partial charge in [0, 0.05) is 6.42 Å². The van der Waals surface area contributed by atoms with Crippen LogP contribution >= 0.6 is 0 Å². The number of unbranched alkanes of at least 4 members (excludes halogenated alkanes) is 1. The lowest BCUT2D eigenvalue weighted by Crippen LogP contribution is -2.04. The summed E-state index contributed by atoms with van der Waals surface area (Å²) in [5, 5.41) is 26.3. The molecule has 0 amide bonds. The predicted molar refractivity (Wildman–Crippen MR) is 65.6 cm³/mol. The van der Waals surface area contributed by atoms with E-state index in [0.29, 0.717) is 24.8 Å². The summed E-state index contributed by atoms with van der Waals surface area (Å²) < 4.78 is 0. The Balaban J connectivity index is 2.79. The van der Waals surface area contributed by atoms with Crippen molar-refractivity contribution in [3.05, 3.63) is 34.9 Å². The Hall–Kier alpha value is -2.37. The van der Waals surface area contributed by atoms with Crippen molar-refractivity contribution in [1.82, 2.24) is 0 Å². The quantitative estimate of drug-likeness (QED) is 0.649. The van der Waals surface area contributed by atoms with Gasteiger partial charge in [0.15, 0.2) is 0 Å². The Bertz CT molecular complexity index is 474. The first-order valence-electron chi connectivity index (χ1n) is 5.72. The van der Waals surface area contributed by atoms with Crippen LogP contribution in [0.3, 0.4) is 0 Å². The molecule has 6 nitrogen and oxygen atoms in total. The molecule has 0 saturated carbocycles. The molecule has 1 aromatic carbocycles. The monoisotopic (exact) mass is 266 g/mol. The minimum atomic E-state index is -1.19. The third kappa shape index (κ3) is 4.79. The van der Waals surface area contributed by atoms with E-state index >= 15 is 0 Å². The zero-order valence-corrected chi connectivity index (χ0v) is 10.1. The van der Waals surface area contributed by atoms with Crippen LogP contribution in [-0.4, -0.2) is 33.2 Å². The highest BCUT2D eigenvalue weighted by Crippen LogP contribution is 2.14. The van der Waals surface area contributed by atoms with Crippen molar-refractivity contribution in [3.63, 3.8) is 0 Å². The number of rotatable bonds is 7. The van der Waals surface area contributed by atoms with Gasteiger partial charge < -0.3 is 15.3 Å². The summed E-state index contributed by atoms with van der Waals surface area (Å²) in [6.45, 7) is 0. The van der Waals surface area contributed by atoms with Gasteiger partial charge in [-0.1, -0.05) is 0 Å². The average molecular weight is 266 g/mol. The highest BCUT2D eigenvalue weighted by Gasteiger charge is 2.11. The zero-order chi connectivity index (χ0) is 14.4. The second-order valence-corrected chi connectivity index (χ2v) is 4.13. The topological polar surface area (TPSA) is 112 Å². The second kappa shape index (κ2) is 6.53. The second-order valence-electron chi connectivity index (χ2n) is 4.13. The number of aliphatic carboxylic acids is 1. The summed E-state index contributed by atoms with van der Waals surface area (Å²) >= 11 is 0. The molecule has 0 saturated heterocycles. The van der Waals surface area contributed by atoms with Gasteiger partial charge in [0.1, 0.15) is 0 Å². The van der Waals surface area contributed by atoms with Crippen LogP contribution in [0, 0.1) is 0 Å². The van der Waals surface area contributed by atoms with E-state index in [1.165, 1.54) is 12.1 Å². The first kappa shape index (κ1) is 14.7. The molecule has 0 aliphatic rings. The van der Waals surface area contributed by atoms with Gasteiger partial charge in [-0.2, -0.15) is 0 Å². The summed E-state index contributed by atoms with van der Waals surface area (Å²) in [7, 11) is 0. The molecular formula is C13H14O6. The molecule has 1 aromatic rings. The molecule has 0 aromatic heterocycles. The van der Waals surface area contributed by atoms with E-state index in [0.717, 1.165) is 6.07 Å². The average Bonchev–Trinajstić information content (AvgIpc) is 2.34. The molecule has 0 spiro atoms. The fourth-order valence-corrected chi connectivity index (χ4v) is 1.69. The molecule has 0 aliphatic carbocycles. The molecule has 0 fully saturated rings. The number of carboxylic acid groups (broad SMARTS) is 3. The first-order valence-corrected chi connectivity index (χ1v) is 5.72. The van der Waals surface area contributed by atoms with E-state index in [-0.39, 0.29) is 17.5 Å². The fourth-order valence-electron chi connectivity index (χ4n) is 1.69. The Kier molecular flexibility index (Phi) is 5.05. The van der Waals surface area contributed by atoms with Crippen molar-refractivity contribution in [1.29, 1.82) is 0 Å². The lowest BCUT2D eigenvalue weighted by atomic mass is 10.0. The summed E-state index contributed by atoms with van der Waals surface area (Å²) in [6, 6.07) is 3.93. The van der Waals surface area contributed by atoms with Crippen molar-refractivity contribution >= 4 is 17.9 Å². The van der Waals surface area contributed by atoms with Crippen LogP contribution in [0.15, 0.2) is 18.2 Å². The SMILES string of the molecule is O=C(O)CCCCc1cc(C(=O)O)cc(C(=O)O)c1. The molecule has 102 valence electrons. The Morgan fingerprint density at radius 3 is 1.79 bits per heavy atom. The van der Waals surface area contributed by atoms with Crippen molar-refractivity contribution in [2.45, 2.75) is 25.7 Å². The van der Waals surface area contributed by atoms with E-state index in [2.05, 4.69) is 0 Å². The Labute approximate surface area is 109 Å². The van der Waals surface area contributed by atoms with E-state index in [1.807, 2.05) is 0 Å². The molecule has 6 heteroatoms. The fraction of sp³-hybridized carbons (Fsp3) is 0.308. The number of benzene rings is 1. The highest BCUT2D eigenvalue weighted by molar-refractivity contribution is 5.94. The normalized spacial score (nSPS) is 10.1. The van der Waals surface area contributed by atoms with Gasteiger partial charge in [0.05, 0.1) is 11.1 Å². The van der Waals surface area contributed by atoms with Crippen LogP contribution in [0.4, 0.5) is 0 Å². The number of aromatic carboxylic acids is 2. The van der Waals surface area contributed by atoms with Gasteiger partial charge in [-0.25, -0.2) is 9.59 Å². The van der Waals surface area contributed by atoms with Gasteiger partial charge in [0.2, 0.25) is 0 Å². The summed E-state index contributed by atoms with van der Waals surface area (Å²) in [5.41, 5.74) is 0.434. The molecule has 0 aliphatic heterocycles. The van der Waals surface area contributed by atoms with Crippen LogP contribution in [0.2, 0.25) is 0 Å². The number of hydrogen-bond acceptors (Lipinski definition) is 3. The Morgan fingerprint density at radius 1 is 0.842 bits per heavy atom. The minimum absolute atomic E-state index is 0.0460. The van der Waals surface area contributed by atoms with Crippen LogP contribution in [0.25, 0.3) is 0 Å². The maximum atomic E-state index is 10.9. The van der Waals surface area contributed by atoms with Gasteiger partial charge in [0.25, 0.3) is 0 Å². The molecule has 0 radical (unpaired) electrons. The molecule has 0 unspecified atom stereocenters. The van der Waals surface area contributed by atoms with E-state index < -0.39 is 17.9 Å². The number of carbonyl (C=O) groups is 3. The number of carboxylic acids is 3. The standard InChI is InChI=1S/C13H14O6/c14-11(15)4-2-1-3-8-5-9(12(16)17)7-10(6-8)13(18)19/h5-7H,1-4H2,(H,14,15)(H,16,17)(H,18,19). The molecule has 3 N–H and O–H groups in total. The van der Waals surface area contributed by atoms with Crippen molar-refractivity contribution in [3.8, 4) is 0 Å². The lowest BCUT2D eigenvalue weighted by Gasteiger charge is -2.05. The van der Waals surface area contributed by atoms with Gasteiger partial charge >= 0.3 is 17.9 Å². The van der Waals surface area contributed by atoms with E-state index in [9.17, 15) is 14.4 Å². The lowest BCUT2D eigenvalue weighted by molar-refractivity contribution is -0.137. The number of hydrogen-bond donors (Lipinski definition) is 3. The maximum absolute atomic E-state index is 10.9. The molecule has 19 heavy (non-hydrogen) atoms. The number of aryl methyl sites for hydroxylation is 1. The first-order chi connectivity index (χ1) is 8.90. The molecular weight excluding hydrogens is 252 g/mol. The zero-order valence-electron chi connectivity index (χ0n) is 10.1.